The fourth-order valence-corrected chi connectivity index (χ4v) is 5.02. The van der Waals surface area contributed by atoms with Crippen molar-refractivity contribution in [2.24, 2.45) is 12.2 Å². The third-order valence-corrected chi connectivity index (χ3v) is 7.43. The van der Waals surface area contributed by atoms with Gasteiger partial charge in [0, 0.05) is 43.8 Å². The van der Waals surface area contributed by atoms with E-state index in [0.717, 1.165) is 16.7 Å². The highest BCUT2D eigenvalue weighted by Crippen LogP contribution is 2.28. The maximum absolute atomic E-state index is 14.0. The third-order valence-electron chi connectivity index (χ3n) is 6.38. The van der Waals surface area contributed by atoms with E-state index in [1.807, 2.05) is 41.8 Å². The van der Waals surface area contributed by atoms with E-state index in [1.165, 1.54) is 12.1 Å². The number of anilines is 5. The summed E-state index contributed by atoms with van der Waals surface area (Å²) >= 11 is 0. The molecule has 2 aromatic heterocycles. The average Bonchev–Trinajstić information content (AvgIpc) is 3.23. The molecule has 0 aliphatic rings. The van der Waals surface area contributed by atoms with Crippen LogP contribution in [0.1, 0.15) is 11.1 Å². The van der Waals surface area contributed by atoms with Gasteiger partial charge in [0.15, 0.2) is 0 Å². The van der Waals surface area contributed by atoms with E-state index in [4.69, 9.17) is 10.1 Å². The lowest BCUT2D eigenvalue weighted by Gasteiger charge is -2.19. The molecule has 0 saturated carbocycles. The number of imidazole rings is 1. The van der Waals surface area contributed by atoms with Gasteiger partial charge in [-0.15, -0.1) is 0 Å². The summed E-state index contributed by atoms with van der Waals surface area (Å²) in [4.78, 5) is 15.5. The standard InChI is InChI=1S/C27H27FN8O2S/c1-17-8-9-19(14-24(17)39(29,37)38)32-26-30-13-12-25(34-26)35(2)20-10-11-23-22(15-20)33-27(36(23)3)31-16-18-6-4-5-7-21(18)28/h4-15H,16H2,1-3H3,(H,31,33)(H2,29,37,38)(H,30,32,34). The number of benzene rings is 3. The van der Waals surface area contributed by atoms with Crippen LogP contribution >= 0.6 is 0 Å². The lowest BCUT2D eigenvalue weighted by molar-refractivity contribution is 0.597. The zero-order valence-corrected chi connectivity index (χ0v) is 22.4. The second kappa shape index (κ2) is 10.3. The molecule has 200 valence electrons. The molecule has 3 aromatic carbocycles. The molecule has 0 fully saturated rings. The lowest BCUT2D eigenvalue weighted by atomic mass is 10.2. The van der Waals surface area contributed by atoms with E-state index in [1.54, 1.807) is 49.5 Å². The number of nitrogens with two attached hydrogens (primary N) is 1. The van der Waals surface area contributed by atoms with Crippen molar-refractivity contribution in [2.75, 3.05) is 22.6 Å². The summed E-state index contributed by atoms with van der Waals surface area (Å²) in [7, 11) is -0.0895. The number of sulfonamides is 1. The Balaban J connectivity index is 1.36. The molecular weight excluding hydrogens is 519 g/mol. The van der Waals surface area contributed by atoms with Crippen molar-refractivity contribution in [3.63, 3.8) is 0 Å². The number of aryl methyl sites for hydroxylation is 2. The first-order chi connectivity index (χ1) is 18.6. The van der Waals surface area contributed by atoms with Crippen LogP contribution in [0.25, 0.3) is 11.0 Å². The van der Waals surface area contributed by atoms with Crippen LogP contribution in [0.2, 0.25) is 0 Å². The Morgan fingerprint density at radius 1 is 1.05 bits per heavy atom. The quantitative estimate of drug-likeness (QED) is 0.258. The molecule has 0 radical (unpaired) electrons. The van der Waals surface area contributed by atoms with Crippen molar-refractivity contribution in [2.45, 2.75) is 18.4 Å². The van der Waals surface area contributed by atoms with Crippen LogP contribution in [0.15, 0.2) is 77.8 Å². The van der Waals surface area contributed by atoms with Gasteiger partial charge in [-0.25, -0.2) is 27.9 Å². The summed E-state index contributed by atoms with van der Waals surface area (Å²) in [5.41, 5.74) is 4.13. The summed E-state index contributed by atoms with van der Waals surface area (Å²) in [6.45, 7) is 1.99. The molecular formula is C27H27FN8O2S. The summed E-state index contributed by atoms with van der Waals surface area (Å²) in [6.07, 6.45) is 1.61. The van der Waals surface area contributed by atoms with E-state index < -0.39 is 10.0 Å². The minimum Gasteiger partial charge on any atom is -0.351 e. The highest BCUT2D eigenvalue weighted by Gasteiger charge is 2.15. The molecule has 0 aliphatic heterocycles. The van der Waals surface area contributed by atoms with Gasteiger partial charge in [0.25, 0.3) is 0 Å². The molecule has 0 unspecified atom stereocenters. The van der Waals surface area contributed by atoms with Gasteiger partial charge in [-0.2, -0.15) is 4.98 Å². The number of nitrogens with zero attached hydrogens (tertiary/aromatic N) is 5. The second-order valence-electron chi connectivity index (χ2n) is 9.06. The largest absolute Gasteiger partial charge is 0.351 e. The van der Waals surface area contributed by atoms with Gasteiger partial charge in [-0.05, 0) is 55.0 Å². The van der Waals surface area contributed by atoms with Crippen LogP contribution in [-0.2, 0) is 23.6 Å². The van der Waals surface area contributed by atoms with Crippen molar-refractivity contribution in [1.82, 2.24) is 19.5 Å². The predicted octanol–water partition coefficient (Wildman–Crippen LogP) is 4.58. The molecule has 0 bridgehead atoms. The summed E-state index contributed by atoms with van der Waals surface area (Å²) in [5.74, 6) is 1.26. The zero-order chi connectivity index (χ0) is 27.7. The van der Waals surface area contributed by atoms with Gasteiger partial charge < -0.3 is 20.1 Å². The summed E-state index contributed by atoms with van der Waals surface area (Å²) in [5, 5.41) is 11.6. The Bertz CT molecular complexity index is 1790. The van der Waals surface area contributed by atoms with Gasteiger partial charge in [0.05, 0.1) is 15.9 Å². The van der Waals surface area contributed by atoms with E-state index >= 15 is 0 Å². The first kappa shape index (κ1) is 26.1. The zero-order valence-electron chi connectivity index (χ0n) is 21.6. The van der Waals surface area contributed by atoms with Crippen molar-refractivity contribution in [1.29, 1.82) is 0 Å². The SMILES string of the molecule is Cc1ccc(Nc2nccc(N(C)c3ccc4c(c3)nc(NCc3ccccc3F)n4C)n2)cc1S(N)(=O)=O. The van der Waals surface area contributed by atoms with E-state index in [2.05, 4.69) is 20.6 Å². The van der Waals surface area contributed by atoms with Crippen molar-refractivity contribution in [3.05, 3.63) is 89.9 Å². The van der Waals surface area contributed by atoms with Gasteiger partial charge >= 0.3 is 0 Å². The number of halogens is 1. The number of rotatable bonds is 8. The number of hydrogen-bond donors (Lipinski definition) is 3. The molecule has 0 spiro atoms. The Morgan fingerprint density at radius 3 is 2.62 bits per heavy atom. The van der Waals surface area contributed by atoms with Gasteiger partial charge in [-0.3, -0.25) is 0 Å². The molecule has 4 N–H and O–H groups in total. The number of nitrogens with one attached hydrogen (secondary N) is 2. The fraction of sp³-hybridized carbons (Fsp3) is 0.148. The molecule has 0 aliphatic carbocycles. The van der Waals surface area contributed by atoms with Crippen molar-refractivity contribution >= 4 is 50.1 Å². The third kappa shape index (κ3) is 5.52. The Labute approximate surface area is 225 Å². The number of primary sulfonamides is 1. The molecule has 0 saturated heterocycles. The number of hydrogen-bond acceptors (Lipinski definition) is 8. The summed E-state index contributed by atoms with van der Waals surface area (Å²) < 4.78 is 39.7. The Hall–Kier alpha value is -4.55. The number of aromatic nitrogens is 4. The van der Waals surface area contributed by atoms with Crippen LogP contribution < -0.4 is 20.7 Å². The first-order valence-corrected chi connectivity index (χ1v) is 13.6. The molecule has 0 amide bonds. The normalized spacial score (nSPS) is 11.5. The van der Waals surface area contributed by atoms with Crippen LogP contribution in [0, 0.1) is 12.7 Å². The Morgan fingerprint density at radius 2 is 1.85 bits per heavy atom. The predicted molar refractivity (Wildman–Crippen MR) is 150 cm³/mol. The molecule has 5 rings (SSSR count). The molecule has 2 heterocycles. The number of fused-ring (bicyclic) bond motifs is 1. The topological polar surface area (TPSA) is 131 Å². The first-order valence-electron chi connectivity index (χ1n) is 12.0. The van der Waals surface area contributed by atoms with Crippen molar-refractivity contribution < 1.29 is 12.8 Å². The second-order valence-corrected chi connectivity index (χ2v) is 10.6. The van der Waals surface area contributed by atoms with Gasteiger partial charge in [0.2, 0.25) is 21.9 Å². The van der Waals surface area contributed by atoms with Crippen LogP contribution in [0.5, 0.6) is 0 Å². The van der Waals surface area contributed by atoms with Crippen LogP contribution in [0.3, 0.4) is 0 Å². The Kier molecular flexibility index (Phi) is 6.89. The molecule has 12 heteroatoms. The monoisotopic (exact) mass is 546 g/mol. The summed E-state index contributed by atoms with van der Waals surface area (Å²) in [6, 6.07) is 19.1. The highest BCUT2D eigenvalue weighted by atomic mass is 32.2. The van der Waals surface area contributed by atoms with E-state index in [-0.39, 0.29) is 10.7 Å². The maximum atomic E-state index is 14.0. The minimum atomic E-state index is -3.86. The molecule has 5 aromatic rings. The van der Waals surface area contributed by atoms with E-state index in [9.17, 15) is 12.8 Å². The fourth-order valence-electron chi connectivity index (χ4n) is 4.21. The minimum absolute atomic E-state index is 0.0344. The maximum Gasteiger partial charge on any atom is 0.238 e. The van der Waals surface area contributed by atoms with Gasteiger partial charge in [0.1, 0.15) is 11.6 Å². The molecule has 0 atom stereocenters. The molecule has 10 nitrogen and oxygen atoms in total. The lowest BCUT2D eigenvalue weighted by Crippen LogP contribution is -2.14. The van der Waals surface area contributed by atoms with Crippen LogP contribution in [0.4, 0.5) is 33.5 Å². The van der Waals surface area contributed by atoms with Crippen molar-refractivity contribution in [3.8, 4) is 0 Å². The van der Waals surface area contributed by atoms with Crippen LogP contribution in [-0.4, -0.2) is 35.0 Å². The smallest absolute Gasteiger partial charge is 0.238 e. The molecule has 39 heavy (non-hydrogen) atoms. The van der Waals surface area contributed by atoms with Gasteiger partial charge in [-0.1, -0.05) is 24.3 Å². The average molecular weight is 547 g/mol. The van der Waals surface area contributed by atoms with E-state index in [0.29, 0.717) is 41.1 Å². The highest BCUT2D eigenvalue weighted by molar-refractivity contribution is 7.89.